The van der Waals surface area contributed by atoms with Crippen LogP contribution in [0.15, 0.2) is 176 Å². The number of hydrogen-bond acceptors (Lipinski definition) is 3. The fourth-order valence-corrected chi connectivity index (χ4v) is 8.75. The Bertz CT molecular complexity index is 3500. The molecule has 0 fully saturated rings. The monoisotopic (exact) mass is 687 g/mol. The quantitative estimate of drug-likeness (QED) is 0.186. The number of benzene rings is 8. The van der Waals surface area contributed by atoms with Gasteiger partial charge < -0.3 is 8.80 Å². The van der Waals surface area contributed by atoms with Gasteiger partial charge in [-0.05, 0) is 47.2 Å². The SMILES string of the molecule is c1ccc(-c2nc(-c3ccc4c(c3)c3ccccc3n3c5ccccc5c5ccc6c7ccccc7n4c6c53)nc(-c3cccc4ccccc34)n2)cc1. The van der Waals surface area contributed by atoms with E-state index in [-0.39, 0.29) is 0 Å². The normalized spacial score (nSPS) is 12.1. The Labute approximate surface area is 309 Å². The number of hydrogen-bond donors (Lipinski definition) is 0. The van der Waals surface area contributed by atoms with Crippen molar-refractivity contribution in [2.45, 2.75) is 0 Å². The van der Waals surface area contributed by atoms with Crippen LogP contribution in [0.5, 0.6) is 0 Å². The van der Waals surface area contributed by atoms with Gasteiger partial charge in [-0.25, -0.2) is 15.0 Å². The highest BCUT2D eigenvalue weighted by Crippen LogP contribution is 2.42. The molecule has 54 heavy (non-hydrogen) atoms. The maximum Gasteiger partial charge on any atom is 0.164 e. The number of nitrogens with zero attached hydrogens (tertiary/aromatic N) is 5. The Hall–Kier alpha value is -7.37. The maximum absolute atomic E-state index is 5.24. The van der Waals surface area contributed by atoms with Crippen molar-refractivity contribution in [2.75, 3.05) is 0 Å². The fraction of sp³-hybridized carbons (Fsp3) is 0. The van der Waals surface area contributed by atoms with E-state index < -0.39 is 0 Å². The molecule has 0 aliphatic heterocycles. The van der Waals surface area contributed by atoms with Gasteiger partial charge in [0.15, 0.2) is 17.5 Å². The molecule has 0 N–H and O–H groups in total. The zero-order valence-electron chi connectivity index (χ0n) is 29.0. The van der Waals surface area contributed by atoms with Crippen molar-refractivity contribution >= 4 is 76.2 Å². The van der Waals surface area contributed by atoms with E-state index in [0.29, 0.717) is 17.5 Å². The van der Waals surface area contributed by atoms with Crippen LogP contribution in [0.2, 0.25) is 0 Å². The summed E-state index contributed by atoms with van der Waals surface area (Å²) in [6.07, 6.45) is 0. The van der Waals surface area contributed by atoms with Gasteiger partial charge in [-0.2, -0.15) is 0 Å². The van der Waals surface area contributed by atoms with E-state index in [2.05, 4.69) is 167 Å². The summed E-state index contributed by atoms with van der Waals surface area (Å²) in [4.78, 5) is 15.5. The van der Waals surface area contributed by atoms with Crippen LogP contribution in [0, 0.1) is 0 Å². The number of fused-ring (bicyclic) bond motifs is 12. The van der Waals surface area contributed by atoms with Gasteiger partial charge in [0.2, 0.25) is 0 Å². The van der Waals surface area contributed by atoms with Gasteiger partial charge in [-0.1, -0.05) is 140 Å². The van der Waals surface area contributed by atoms with Gasteiger partial charge in [-0.3, -0.25) is 0 Å². The summed E-state index contributed by atoms with van der Waals surface area (Å²) in [6.45, 7) is 0. The van der Waals surface area contributed by atoms with Crippen LogP contribution in [0.3, 0.4) is 0 Å². The van der Waals surface area contributed by atoms with Crippen molar-refractivity contribution in [3.8, 4) is 34.2 Å². The standard InChI is InChI=1S/C49H29N5/c1-2-14-31(15-3-1)47-50-48(52-49(51-47)39-21-12-16-30-13-4-5-17-33(30)39)32-25-28-44-40(29-32)36-20-8-11-24-43(36)53-41-22-9-6-18-34(41)37-26-27-38-35-19-7-10-23-42(35)54(44)46(38)45(37)53/h1-29H. The maximum atomic E-state index is 5.24. The van der Waals surface area contributed by atoms with Crippen molar-refractivity contribution in [1.29, 1.82) is 0 Å². The predicted molar refractivity (Wildman–Crippen MR) is 223 cm³/mol. The summed E-state index contributed by atoms with van der Waals surface area (Å²) < 4.78 is 4.95. The van der Waals surface area contributed by atoms with Crippen LogP contribution in [0.4, 0.5) is 0 Å². The molecular formula is C49H29N5. The summed E-state index contributed by atoms with van der Waals surface area (Å²) in [5.41, 5.74) is 9.90. The Morgan fingerprint density at radius 1 is 0.296 bits per heavy atom. The molecule has 0 bridgehead atoms. The van der Waals surface area contributed by atoms with E-state index in [1.165, 1.54) is 43.6 Å². The molecular weight excluding hydrogens is 659 g/mol. The molecule has 4 aromatic heterocycles. The molecule has 5 heteroatoms. The number of rotatable bonds is 3. The van der Waals surface area contributed by atoms with Crippen molar-refractivity contribution in [2.24, 2.45) is 0 Å². The van der Waals surface area contributed by atoms with E-state index in [9.17, 15) is 0 Å². The average Bonchev–Trinajstić information content (AvgIpc) is 3.76. The summed E-state index contributed by atoms with van der Waals surface area (Å²) in [7, 11) is 0. The third-order valence-electron chi connectivity index (χ3n) is 11.1. The van der Waals surface area contributed by atoms with Crippen LogP contribution in [0.1, 0.15) is 0 Å². The molecule has 8 aromatic carbocycles. The third kappa shape index (κ3) is 4.06. The average molecular weight is 688 g/mol. The lowest BCUT2D eigenvalue weighted by Gasteiger charge is -2.13. The second-order valence-electron chi connectivity index (χ2n) is 14.0. The Morgan fingerprint density at radius 2 is 0.778 bits per heavy atom. The molecule has 4 heterocycles. The first-order chi connectivity index (χ1) is 26.8. The lowest BCUT2D eigenvalue weighted by Crippen LogP contribution is -2.01. The Balaban J connectivity index is 1.25. The molecule has 0 aliphatic carbocycles. The van der Waals surface area contributed by atoms with Crippen LogP contribution >= 0.6 is 0 Å². The van der Waals surface area contributed by atoms with Gasteiger partial charge in [-0.15, -0.1) is 0 Å². The van der Waals surface area contributed by atoms with Crippen molar-refractivity contribution in [1.82, 2.24) is 23.8 Å². The molecule has 250 valence electrons. The minimum Gasteiger partial charge on any atom is -0.307 e. The van der Waals surface area contributed by atoms with Crippen LogP contribution < -0.4 is 0 Å². The largest absolute Gasteiger partial charge is 0.307 e. The molecule has 12 aromatic rings. The second-order valence-corrected chi connectivity index (χ2v) is 14.0. The molecule has 0 aliphatic rings. The minimum absolute atomic E-state index is 0.630. The molecule has 0 radical (unpaired) electrons. The molecule has 0 amide bonds. The van der Waals surface area contributed by atoms with Gasteiger partial charge in [0.1, 0.15) is 0 Å². The highest BCUT2D eigenvalue weighted by molar-refractivity contribution is 6.25. The van der Waals surface area contributed by atoms with E-state index in [4.69, 9.17) is 15.0 Å². The molecule has 0 spiro atoms. The summed E-state index contributed by atoms with van der Waals surface area (Å²) in [5, 5.41) is 9.47. The first kappa shape index (κ1) is 29.2. The zero-order chi connectivity index (χ0) is 35.3. The van der Waals surface area contributed by atoms with Crippen LogP contribution in [-0.4, -0.2) is 23.8 Å². The lowest BCUT2D eigenvalue weighted by molar-refractivity contribution is 1.08. The molecule has 0 unspecified atom stereocenters. The van der Waals surface area contributed by atoms with Crippen molar-refractivity contribution in [3.63, 3.8) is 0 Å². The van der Waals surface area contributed by atoms with E-state index in [1.54, 1.807) is 0 Å². The Kier molecular flexibility index (Phi) is 5.99. The number of aromatic nitrogens is 5. The Morgan fingerprint density at radius 3 is 1.43 bits per heavy atom. The summed E-state index contributed by atoms with van der Waals surface area (Å²) in [5.74, 6) is 1.92. The first-order valence-corrected chi connectivity index (χ1v) is 18.3. The van der Waals surface area contributed by atoms with Crippen molar-refractivity contribution < 1.29 is 0 Å². The highest BCUT2D eigenvalue weighted by Gasteiger charge is 2.21. The smallest absolute Gasteiger partial charge is 0.164 e. The minimum atomic E-state index is 0.630. The molecule has 12 rings (SSSR count). The topological polar surface area (TPSA) is 47.5 Å². The molecule has 0 atom stereocenters. The molecule has 0 saturated heterocycles. The predicted octanol–water partition coefficient (Wildman–Crippen LogP) is 12.3. The van der Waals surface area contributed by atoms with E-state index in [1.807, 2.05) is 18.2 Å². The van der Waals surface area contributed by atoms with E-state index in [0.717, 1.165) is 49.3 Å². The van der Waals surface area contributed by atoms with Gasteiger partial charge in [0.25, 0.3) is 0 Å². The van der Waals surface area contributed by atoms with Crippen LogP contribution in [-0.2, 0) is 0 Å². The van der Waals surface area contributed by atoms with Crippen molar-refractivity contribution in [3.05, 3.63) is 176 Å². The van der Waals surface area contributed by atoms with E-state index >= 15 is 0 Å². The first-order valence-electron chi connectivity index (χ1n) is 18.3. The number of para-hydroxylation sites is 3. The van der Waals surface area contributed by atoms with Gasteiger partial charge >= 0.3 is 0 Å². The second kappa shape index (κ2) is 11.1. The van der Waals surface area contributed by atoms with Gasteiger partial charge in [0.05, 0.1) is 33.1 Å². The lowest BCUT2D eigenvalue weighted by atomic mass is 10.0. The molecule has 5 nitrogen and oxygen atoms in total. The third-order valence-corrected chi connectivity index (χ3v) is 11.1. The summed E-state index contributed by atoms with van der Waals surface area (Å²) in [6, 6.07) is 62.6. The van der Waals surface area contributed by atoms with Crippen LogP contribution in [0.25, 0.3) is 110 Å². The summed E-state index contributed by atoms with van der Waals surface area (Å²) >= 11 is 0. The fourth-order valence-electron chi connectivity index (χ4n) is 8.75. The zero-order valence-corrected chi connectivity index (χ0v) is 29.0. The van der Waals surface area contributed by atoms with Gasteiger partial charge in [0, 0.05) is 49.0 Å². The molecule has 0 saturated carbocycles. The highest BCUT2D eigenvalue weighted by atomic mass is 15.0.